The molecule has 1 fully saturated rings. The van der Waals surface area contributed by atoms with E-state index in [2.05, 4.69) is 33.0 Å². The summed E-state index contributed by atoms with van der Waals surface area (Å²) in [6.07, 6.45) is 2.28. The van der Waals surface area contributed by atoms with Crippen molar-refractivity contribution in [3.05, 3.63) is 22.3 Å². The number of aromatic nitrogens is 1. The topological polar surface area (TPSA) is 22.1 Å². The summed E-state index contributed by atoms with van der Waals surface area (Å²) in [6.45, 7) is 3.82. The van der Waals surface area contributed by atoms with Crippen LogP contribution in [0.5, 0.6) is 0 Å². The van der Waals surface area contributed by atoms with E-state index in [1.807, 2.05) is 18.7 Å². The molecule has 4 heteroatoms. The van der Waals surface area contributed by atoms with E-state index in [9.17, 15) is 0 Å². The molecule has 2 rings (SSSR count). The fourth-order valence-corrected chi connectivity index (χ4v) is 2.88. The van der Waals surface area contributed by atoms with E-state index < -0.39 is 0 Å². The first-order valence-electron chi connectivity index (χ1n) is 5.13. The molecular weight excluding hydrogens is 274 g/mol. The lowest BCUT2D eigenvalue weighted by atomic mass is 10.2. The first kappa shape index (κ1) is 11.4. The molecule has 0 saturated carbocycles. The molecule has 0 aliphatic carbocycles. The zero-order valence-corrected chi connectivity index (χ0v) is 11.1. The van der Waals surface area contributed by atoms with Gasteiger partial charge in [0.1, 0.15) is 0 Å². The minimum Gasteiger partial charge on any atom is -0.381 e. The molecule has 0 atom stereocenters. The van der Waals surface area contributed by atoms with E-state index in [-0.39, 0.29) is 0 Å². The van der Waals surface area contributed by atoms with Crippen LogP contribution in [0, 0.1) is 6.92 Å². The molecule has 0 bridgehead atoms. The van der Waals surface area contributed by atoms with Crippen molar-refractivity contribution in [3.8, 4) is 0 Å². The summed E-state index contributed by atoms with van der Waals surface area (Å²) in [4.78, 5) is 4.54. The second-order valence-corrected chi connectivity index (χ2v) is 5.82. The fraction of sp³-hybridized carbons (Fsp3) is 0.545. The molecule has 0 radical (unpaired) electrons. The van der Waals surface area contributed by atoms with E-state index in [4.69, 9.17) is 4.74 Å². The molecule has 2 heterocycles. The highest BCUT2D eigenvalue weighted by Gasteiger charge is 2.15. The predicted octanol–water partition coefficient (Wildman–Crippen LogP) is 3.42. The number of ether oxygens (including phenoxy) is 1. The van der Waals surface area contributed by atoms with Crippen LogP contribution >= 0.6 is 27.7 Å². The Hall–Kier alpha value is -0.0600. The maximum atomic E-state index is 5.34. The average Bonchev–Trinajstić information content (AvgIpc) is 2.25. The molecule has 0 amide bonds. The van der Waals surface area contributed by atoms with Crippen LogP contribution in [0.1, 0.15) is 18.5 Å². The van der Waals surface area contributed by atoms with E-state index in [1.165, 1.54) is 0 Å². The molecule has 0 spiro atoms. The Morgan fingerprint density at radius 1 is 1.40 bits per heavy atom. The third-order valence-corrected chi connectivity index (χ3v) is 4.56. The highest BCUT2D eigenvalue weighted by atomic mass is 79.9. The molecule has 1 saturated heterocycles. The van der Waals surface area contributed by atoms with Crippen molar-refractivity contribution in [2.45, 2.75) is 30.0 Å². The minimum atomic E-state index is 0.673. The van der Waals surface area contributed by atoms with Gasteiger partial charge in [0.25, 0.3) is 0 Å². The predicted molar refractivity (Wildman–Crippen MR) is 66.4 cm³/mol. The normalized spacial score (nSPS) is 18.0. The van der Waals surface area contributed by atoms with E-state index in [1.54, 1.807) is 0 Å². The molecule has 82 valence electrons. The van der Waals surface area contributed by atoms with Gasteiger partial charge in [-0.3, -0.25) is 0 Å². The molecule has 1 aromatic heterocycles. The zero-order valence-electron chi connectivity index (χ0n) is 8.70. The van der Waals surface area contributed by atoms with Gasteiger partial charge in [0.15, 0.2) is 0 Å². The SMILES string of the molecule is Cc1nc(SC2CCOCC2)ccc1Br. The largest absolute Gasteiger partial charge is 0.381 e. The molecular formula is C11H14BrNOS. The zero-order chi connectivity index (χ0) is 10.7. The molecule has 1 aliphatic rings. The highest BCUT2D eigenvalue weighted by molar-refractivity contribution is 9.10. The summed E-state index contributed by atoms with van der Waals surface area (Å²) in [5, 5.41) is 1.80. The number of pyridine rings is 1. The number of rotatable bonds is 2. The van der Waals surface area contributed by atoms with Crippen molar-refractivity contribution < 1.29 is 4.74 Å². The second-order valence-electron chi connectivity index (χ2n) is 3.65. The molecule has 0 aromatic carbocycles. The van der Waals surface area contributed by atoms with Gasteiger partial charge in [0, 0.05) is 22.9 Å². The van der Waals surface area contributed by atoms with Gasteiger partial charge in [-0.05, 0) is 47.8 Å². The van der Waals surface area contributed by atoms with Crippen LogP contribution in [0.4, 0.5) is 0 Å². The van der Waals surface area contributed by atoms with Crippen molar-refractivity contribution in [1.29, 1.82) is 0 Å². The summed E-state index contributed by atoms with van der Waals surface area (Å²) < 4.78 is 6.42. The first-order chi connectivity index (χ1) is 7.25. The Morgan fingerprint density at radius 2 is 2.13 bits per heavy atom. The Morgan fingerprint density at radius 3 is 2.80 bits per heavy atom. The summed E-state index contributed by atoms with van der Waals surface area (Å²) >= 11 is 5.34. The van der Waals surface area contributed by atoms with Crippen LogP contribution in [-0.4, -0.2) is 23.4 Å². The smallest absolute Gasteiger partial charge is 0.0966 e. The third kappa shape index (κ3) is 3.20. The maximum absolute atomic E-state index is 5.34. The molecule has 2 nitrogen and oxygen atoms in total. The highest BCUT2D eigenvalue weighted by Crippen LogP contribution is 2.29. The number of thioether (sulfide) groups is 1. The number of nitrogens with zero attached hydrogens (tertiary/aromatic N) is 1. The van der Waals surface area contributed by atoms with E-state index in [0.717, 1.165) is 41.2 Å². The van der Waals surface area contributed by atoms with Crippen LogP contribution in [0.2, 0.25) is 0 Å². The van der Waals surface area contributed by atoms with E-state index >= 15 is 0 Å². The maximum Gasteiger partial charge on any atom is 0.0966 e. The summed E-state index contributed by atoms with van der Waals surface area (Å²) in [5.74, 6) is 0. The van der Waals surface area contributed by atoms with Gasteiger partial charge in [0.05, 0.1) is 10.7 Å². The van der Waals surface area contributed by atoms with Gasteiger partial charge in [-0.2, -0.15) is 0 Å². The molecule has 1 aromatic rings. The lowest BCUT2D eigenvalue weighted by Gasteiger charge is -2.21. The third-order valence-electron chi connectivity index (χ3n) is 2.45. The molecule has 0 N–H and O–H groups in total. The van der Waals surface area contributed by atoms with Gasteiger partial charge in [-0.25, -0.2) is 4.98 Å². The standard InChI is InChI=1S/C11H14BrNOS/c1-8-10(12)2-3-11(13-8)15-9-4-6-14-7-5-9/h2-3,9H,4-7H2,1H3. The van der Waals surface area contributed by atoms with Gasteiger partial charge in [-0.1, -0.05) is 0 Å². The average molecular weight is 288 g/mol. The van der Waals surface area contributed by atoms with Gasteiger partial charge in [-0.15, -0.1) is 11.8 Å². The Balaban J connectivity index is 2.00. The first-order valence-corrected chi connectivity index (χ1v) is 6.80. The lowest BCUT2D eigenvalue weighted by Crippen LogP contribution is -2.17. The van der Waals surface area contributed by atoms with Crippen LogP contribution in [0.25, 0.3) is 0 Å². The van der Waals surface area contributed by atoms with E-state index in [0.29, 0.717) is 5.25 Å². The monoisotopic (exact) mass is 287 g/mol. The van der Waals surface area contributed by atoms with Gasteiger partial charge >= 0.3 is 0 Å². The van der Waals surface area contributed by atoms with Crippen molar-refractivity contribution >= 4 is 27.7 Å². The van der Waals surface area contributed by atoms with Crippen LogP contribution in [0.3, 0.4) is 0 Å². The fourth-order valence-electron chi connectivity index (χ4n) is 1.55. The number of halogens is 1. The Kier molecular flexibility index (Phi) is 4.05. The summed E-state index contributed by atoms with van der Waals surface area (Å²) in [6, 6.07) is 4.15. The van der Waals surface area contributed by atoms with Crippen LogP contribution < -0.4 is 0 Å². The second kappa shape index (κ2) is 5.32. The van der Waals surface area contributed by atoms with Crippen LogP contribution in [-0.2, 0) is 4.74 Å². The van der Waals surface area contributed by atoms with Crippen molar-refractivity contribution in [2.24, 2.45) is 0 Å². The lowest BCUT2D eigenvalue weighted by molar-refractivity contribution is 0.1000. The van der Waals surface area contributed by atoms with Crippen molar-refractivity contribution in [1.82, 2.24) is 4.98 Å². The summed E-state index contributed by atoms with van der Waals surface area (Å²) in [7, 11) is 0. The summed E-state index contributed by atoms with van der Waals surface area (Å²) in [5.41, 5.74) is 1.06. The number of hydrogen-bond acceptors (Lipinski definition) is 3. The number of aryl methyl sites for hydroxylation is 1. The Labute approximate surface area is 103 Å². The van der Waals surface area contributed by atoms with Gasteiger partial charge < -0.3 is 4.74 Å². The van der Waals surface area contributed by atoms with Crippen molar-refractivity contribution in [3.63, 3.8) is 0 Å². The molecule has 0 unspecified atom stereocenters. The van der Waals surface area contributed by atoms with Crippen molar-refractivity contribution in [2.75, 3.05) is 13.2 Å². The van der Waals surface area contributed by atoms with Crippen LogP contribution in [0.15, 0.2) is 21.6 Å². The number of hydrogen-bond donors (Lipinski definition) is 0. The Bertz CT molecular complexity index is 339. The quantitative estimate of drug-likeness (QED) is 0.832. The van der Waals surface area contributed by atoms with Gasteiger partial charge in [0.2, 0.25) is 0 Å². The minimum absolute atomic E-state index is 0.673. The molecule has 1 aliphatic heterocycles. The molecule has 15 heavy (non-hydrogen) atoms.